The van der Waals surface area contributed by atoms with Gasteiger partial charge in [-0.3, -0.25) is 4.79 Å². The van der Waals surface area contributed by atoms with Crippen molar-refractivity contribution in [3.05, 3.63) is 77.4 Å². The molecule has 6 heteroatoms. The van der Waals surface area contributed by atoms with Crippen molar-refractivity contribution in [2.24, 2.45) is 0 Å². The van der Waals surface area contributed by atoms with Gasteiger partial charge in [-0.25, -0.2) is 4.98 Å². The maximum atomic E-state index is 13.0. The molecule has 1 amide bonds. The van der Waals surface area contributed by atoms with E-state index in [1.54, 1.807) is 13.3 Å². The molecule has 2 heterocycles. The van der Waals surface area contributed by atoms with Gasteiger partial charge < -0.3 is 19.4 Å². The second kappa shape index (κ2) is 7.86. The second-order valence-corrected chi connectivity index (χ2v) is 8.29. The molecule has 2 aromatic carbocycles. The highest BCUT2D eigenvalue weighted by Crippen LogP contribution is 2.41. The van der Waals surface area contributed by atoms with Gasteiger partial charge in [0.1, 0.15) is 22.9 Å². The minimum Gasteiger partial charge on any atom is -0.497 e. The van der Waals surface area contributed by atoms with Crippen LogP contribution in [-0.2, 0) is 6.54 Å². The Morgan fingerprint density at radius 1 is 1.27 bits per heavy atom. The normalized spacial score (nSPS) is 17.0. The van der Waals surface area contributed by atoms with Crippen molar-refractivity contribution in [2.75, 3.05) is 7.11 Å². The third kappa shape index (κ3) is 4.17. The fourth-order valence-electron chi connectivity index (χ4n) is 3.86. The molecule has 4 rings (SSSR count). The first kappa shape index (κ1) is 20.0. The molecule has 0 unspecified atom stereocenters. The number of benzene rings is 2. The Hall–Kier alpha value is -3.28. The molecule has 6 nitrogen and oxygen atoms in total. The van der Waals surface area contributed by atoms with Crippen molar-refractivity contribution in [2.45, 2.75) is 45.4 Å². The van der Waals surface area contributed by atoms with Crippen LogP contribution in [0.3, 0.4) is 0 Å². The van der Waals surface area contributed by atoms with Crippen LogP contribution >= 0.6 is 0 Å². The molecule has 30 heavy (non-hydrogen) atoms. The molecule has 1 aromatic heterocycles. The predicted molar refractivity (Wildman–Crippen MR) is 115 cm³/mol. The van der Waals surface area contributed by atoms with Crippen LogP contribution in [-0.4, -0.2) is 28.2 Å². The van der Waals surface area contributed by atoms with Crippen LogP contribution in [0.2, 0.25) is 0 Å². The molecule has 1 N–H and O–H groups in total. The molecule has 1 aliphatic rings. The van der Waals surface area contributed by atoms with Crippen LogP contribution in [0.4, 0.5) is 0 Å². The van der Waals surface area contributed by atoms with E-state index >= 15 is 0 Å². The molecule has 0 aliphatic carbocycles. The van der Waals surface area contributed by atoms with E-state index in [-0.39, 0.29) is 17.6 Å². The number of hydrogen-bond donors (Lipinski definition) is 1. The lowest BCUT2D eigenvalue weighted by Crippen LogP contribution is -2.41. The second-order valence-electron chi connectivity index (χ2n) is 8.29. The lowest BCUT2D eigenvalue weighted by atomic mass is 9.89. The molecule has 0 saturated carbocycles. The number of ether oxygens (including phenoxy) is 2. The van der Waals surface area contributed by atoms with Crippen molar-refractivity contribution in [1.29, 1.82) is 0 Å². The lowest BCUT2D eigenvalue weighted by Gasteiger charge is -2.38. The van der Waals surface area contributed by atoms with Crippen LogP contribution in [0.5, 0.6) is 11.5 Å². The van der Waals surface area contributed by atoms with Crippen LogP contribution in [0.25, 0.3) is 0 Å². The molecular weight excluding hydrogens is 378 g/mol. The Kier molecular flexibility index (Phi) is 5.24. The summed E-state index contributed by atoms with van der Waals surface area (Å²) in [7, 11) is 1.63. The van der Waals surface area contributed by atoms with Crippen LogP contribution < -0.4 is 14.8 Å². The number of aromatic nitrogens is 2. The zero-order valence-corrected chi connectivity index (χ0v) is 17.8. The summed E-state index contributed by atoms with van der Waals surface area (Å²) < 4.78 is 13.5. The number of fused-ring (bicyclic) bond motifs is 1. The quantitative estimate of drug-likeness (QED) is 0.688. The van der Waals surface area contributed by atoms with Gasteiger partial charge in [-0.05, 0) is 56.7 Å². The van der Waals surface area contributed by atoms with E-state index < -0.39 is 0 Å². The van der Waals surface area contributed by atoms with E-state index in [1.807, 2.05) is 69.4 Å². The first-order valence-electron chi connectivity index (χ1n) is 10.1. The fraction of sp³-hybridized carbons (Fsp3) is 0.333. The number of rotatable bonds is 5. The molecule has 0 bridgehead atoms. The number of carbonyl (C=O) groups is 1. The summed E-state index contributed by atoms with van der Waals surface area (Å²) in [5.74, 6) is 2.39. The Morgan fingerprint density at radius 2 is 2.03 bits per heavy atom. The van der Waals surface area contributed by atoms with Gasteiger partial charge >= 0.3 is 0 Å². The molecule has 0 saturated heterocycles. The van der Waals surface area contributed by atoms with Gasteiger partial charge in [-0.2, -0.15) is 0 Å². The fourth-order valence-corrected chi connectivity index (χ4v) is 3.86. The van der Waals surface area contributed by atoms with E-state index in [2.05, 4.69) is 14.9 Å². The number of imidazole rings is 1. The van der Waals surface area contributed by atoms with Crippen LogP contribution in [0.15, 0.2) is 54.9 Å². The van der Waals surface area contributed by atoms with E-state index in [1.165, 1.54) is 0 Å². The topological polar surface area (TPSA) is 65.4 Å². The predicted octanol–water partition coefficient (Wildman–Crippen LogP) is 4.28. The van der Waals surface area contributed by atoms with Gasteiger partial charge in [0.15, 0.2) is 0 Å². The summed E-state index contributed by atoms with van der Waals surface area (Å²) in [5.41, 5.74) is 2.32. The lowest BCUT2D eigenvalue weighted by molar-refractivity contribution is 0.0618. The Balaban J connectivity index is 1.51. The molecule has 3 aromatic rings. The summed E-state index contributed by atoms with van der Waals surface area (Å²) >= 11 is 0. The molecule has 0 fully saturated rings. The standard InChI is InChI=1S/C24H27N3O3/c1-16-25-11-12-27(16)15-17-5-7-18(8-6-17)23(28)26-21-14-24(2,3)30-22-10-9-19(29-4)13-20(21)22/h5-13,21H,14-15H2,1-4H3,(H,26,28)/t21-/m0/s1. The highest BCUT2D eigenvalue weighted by atomic mass is 16.5. The summed E-state index contributed by atoms with van der Waals surface area (Å²) in [4.78, 5) is 17.2. The first-order chi connectivity index (χ1) is 14.3. The first-order valence-corrected chi connectivity index (χ1v) is 10.1. The van der Waals surface area contributed by atoms with E-state index in [0.717, 1.165) is 35.0 Å². The molecule has 1 atom stereocenters. The smallest absolute Gasteiger partial charge is 0.251 e. The number of methoxy groups -OCH3 is 1. The van der Waals surface area contributed by atoms with Gasteiger partial charge in [0, 0.05) is 36.5 Å². The summed E-state index contributed by atoms with van der Waals surface area (Å²) in [6.45, 7) is 6.78. The highest BCUT2D eigenvalue weighted by Gasteiger charge is 2.35. The summed E-state index contributed by atoms with van der Waals surface area (Å²) in [5, 5.41) is 3.18. The monoisotopic (exact) mass is 405 g/mol. The summed E-state index contributed by atoms with van der Waals surface area (Å²) in [6.07, 6.45) is 4.42. The van der Waals surface area contributed by atoms with Crippen molar-refractivity contribution in [3.63, 3.8) is 0 Å². The van der Waals surface area contributed by atoms with E-state index in [0.29, 0.717) is 12.0 Å². The van der Waals surface area contributed by atoms with Crippen molar-refractivity contribution >= 4 is 5.91 Å². The summed E-state index contributed by atoms with van der Waals surface area (Å²) in [6, 6.07) is 13.3. The highest BCUT2D eigenvalue weighted by molar-refractivity contribution is 5.94. The average molecular weight is 405 g/mol. The minimum atomic E-state index is -0.369. The number of nitrogens with one attached hydrogen (secondary N) is 1. The molecule has 1 aliphatic heterocycles. The SMILES string of the molecule is COc1ccc2c(c1)[C@@H](NC(=O)c1ccc(Cn3ccnc3C)cc1)CC(C)(C)O2. The molecule has 0 spiro atoms. The van der Waals surface area contributed by atoms with E-state index in [9.17, 15) is 4.79 Å². The molecule has 0 radical (unpaired) electrons. The molecular formula is C24H27N3O3. The van der Waals surface area contributed by atoms with Crippen LogP contribution in [0.1, 0.15) is 53.6 Å². The van der Waals surface area contributed by atoms with Gasteiger partial charge in [0.2, 0.25) is 0 Å². The zero-order chi connectivity index (χ0) is 21.3. The van der Waals surface area contributed by atoms with Crippen molar-refractivity contribution in [3.8, 4) is 11.5 Å². The number of aryl methyl sites for hydroxylation is 1. The largest absolute Gasteiger partial charge is 0.497 e. The van der Waals surface area contributed by atoms with Gasteiger partial charge in [-0.15, -0.1) is 0 Å². The Morgan fingerprint density at radius 3 is 2.70 bits per heavy atom. The average Bonchev–Trinajstić information content (AvgIpc) is 3.12. The maximum Gasteiger partial charge on any atom is 0.251 e. The maximum absolute atomic E-state index is 13.0. The Bertz CT molecular complexity index is 1050. The van der Waals surface area contributed by atoms with Gasteiger partial charge in [0.25, 0.3) is 5.91 Å². The number of amides is 1. The third-order valence-electron chi connectivity index (χ3n) is 5.47. The van der Waals surface area contributed by atoms with E-state index in [4.69, 9.17) is 9.47 Å². The van der Waals surface area contributed by atoms with Crippen molar-refractivity contribution in [1.82, 2.24) is 14.9 Å². The third-order valence-corrected chi connectivity index (χ3v) is 5.47. The van der Waals surface area contributed by atoms with Crippen molar-refractivity contribution < 1.29 is 14.3 Å². The number of carbonyl (C=O) groups excluding carboxylic acids is 1. The molecule has 156 valence electrons. The number of nitrogens with zero attached hydrogens (tertiary/aromatic N) is 2. The minimum absolute atomic E-state index is 0.100. The zero-order valence-electron chi connectivity index (χ0n) is 17.8. The van der Waals surface area contributed by atoms with Gasteiger partial charge in [-0.1, -0.05) is 12.1 Å². The van der Waals surface area contributed by atoms with Crippen LogP contribution in [0, 0.1) is 6.92 Å². The Labute approximate surface area is 176 Å². The number of hydrogen-bond acceptors (Lipinski definition) is 4. The van der Waals surface area contributed by atoms with Gasteiger partial charge in [0.05, 0.1) is 13.2 Å².